The number of hydrogen-bond acceptors (Lipinski definition) is 5. The topological polar surface area (TPSA) is 77.5 Å². The summed E-state index contributed by atoms with van der Waals surface area (Å²) in [5, 5.41) is 2.91. The monoisotopic (exact) mass is 404 g/mol. The summed E-state index contributed by atoms with van der Waals surface area (Å²) < 4.78 is 10.2. The van der Waals surface area contributed by atoms with Crippen molar-refractivity contribution in [2.75, 3.05) is 19.0 Å². The highest BCUT2D eigenvalue weighted by atomic mass is 16.5. The Morgan fingerprint density at radius 1 is 0.967 bits per heavy atom. The number of amides is 1. The van der Waals surface area contributed by atoms with Gasteiger partial charge in [0.05, 0.1) is 36.7 Å². The zero-order valence-electron chi connectivity index (χ0n) is 17.5. The first kappa shape index (κ1) is 21.0. The zero-order valence-corrected chi connectivity index (χ0v) is 17.5. The lowest BCUT2D eigenvalue weighted by Gasteiger charge is -2.16. The molecule has 0 fully saturated rings. The van der Waals surface area contributed by atoms with Crippen LogP contribution in [-0.4, -0.2) is 30.6 Å². The average Bonchev–Trinajstić information content (AvgIpc) is 2.75. The van der Waals surface area contributed by atoms with Gasteiger partial charge in [-0.2, -0.15) is 0 Å². The largest absolute Gasteiger partial charge is 0.495 e. The molecule has 2 aromatic carbocycles. The summed E-state index contributed by atoms with van der Waals surface area (Å²) >= 11 is 0. The standard InChI is InChI=1S/C24H24N2O4/c1-5-30-24(28)17-8-10-18(11-9-17)26-23(27)22-16(3)7-6-15(2)21(22)20-13-12-19(29-4)14-25-20/h6-14H,5H2,1-4H3,(H,26,27). The minimum atomic E-state index is -0.391. The fourth-order valence-electron chi connectivity index (χ4n) is 3.18. The zero-order chi connectivity index (χ0) is 21.7. The Labute approximate surface area is 175 Å². The number of carbonyl (C=O) groups is 2. The second kappa shape index (κ2) is 9.22. The van der Waals surface area contributed by atoms with E-state index in [4.69, 9.17) is 9.47 Å². The van der Waals surface area contributed by atoms with Gasteiger partial charge >= 0.3 is 5.97 Å². The summed E-state index contributed by atoms with van der Waals surface area (Å²) in [6.07, 6.45) is 1.63. The number of methoxy groups -OCH3 is 1. The van der Waals surface area contributed by atoms with Crippen molar-refractivity contribution in [1.82, 2.24) is 4.98 Å². The highest BCUT2D eigenvalue weighted by Gasteiger charge is 2.19. The van der Waals surface area contributed by atoms with E-state index in [1.165, 1.54) is 0 Å². The number of nitrogens with one attached hydrogen (secondary N) is 1. The summed E-state index contributed by atoms with van der Waals surface area (Å²) in [6, 6.07) is 14.2. The van der Waals surface area contributed by atoms with Crippen LogP contribution < -0.4 is 10.1 Å². The van der Waals surface area contributed by atoms with Crippen molar-refractivity contribution in [3.63, 3.8) is 0 Å². The van der Waals surface area contributed by atoms with Gasteiger partial charge in [0.15, 0.2) is 0 Å². The van der Waals surface area contributed by atoms with Gasteiger partial charge in [0, 0.05) is 11.3 Å². The Balaban J connectivity index is 1.92. The van der Waals surface area contributed by atoms with Crippen molar-refractivity contribution in [3.8, 4) is 17.0 Å². The number of nitrogens with zero attached hydrogens (tertiary/aromatic N) is 1. The molecule has 3 rings (SSSR count). The normalized spacial score (nSPS) is 10.4. The average molecular weight is 404 g/mol. The molecule has 0 aliphatic carbocycles. The molecule has 6 nitrogen and oxygen atoms in total. The van der Waals surface area contributed by atoms with Gasteiger partial charge in [0.1, 0.15) is 5.75 Å². The molecule has 1 amide bonds. The predicted octanol–water partition coefficient (Wildman–Crippen LogP) is 4.80. The third kappa shape index (κ3) is 4.49. The SMILES string of the molecule is CCOC(=O)c1ccc(NC(=O)c2c(C)ccc(C)c2-c2ccc(OC)cn2)cc1. The molecule has 1 heterocycles. The molecule has 0 bridgehead atoms. The van der Waals surface area contributed by atoms with Crippen LogP contribution in [0, 0.1) is 13.8 Å². The highest BCUT2D eigenvalue weighted by Crippen LogP contribution is 2.30. The maximum Gasteiger partial charge on any atom is 0.338 e. The molecule has 0 spiro atoms. The summed E-state index contributed by atoms with van der Waals surface area (Å²) in [5.74, 6) is 0.0159. The van der Waals surface area contributed by atoms with Crippen LogP contribution in [0.2, 0.25) is 0 Å². The number of pyridine rings is 1. The Bertz CT molecular complexity index is 1060. The number of hydrogen-bond donors (Lipinski definition) is 1. The van der Waals surface area contributed by atoms with E-state index >= 15 is 0 Å². The van der Waals surface area contributed by atoms with Gasteiger partial charge in [-0.05, 0) is 68.3 Å². The molecule has 30 heavy (non-hydrogen) atoms. The fourth-order valence-corrected chi connectivity index (χ4v) is 3.18. The number of carbonyl (C=O) groups excluding carboxylic acids is 2. The van der Waals surface area contributed by atoms with Crippen molar-refractivity contribution >= 4 is 17.6 Å². The Morgan fingerprint density at radius 2 is 1.67 bits per heavy atom. The van der Waals surface area contributed by atoms with Crippen LogP contribution in [0.25, 0.3) is 11.3 Å². The smallest absolute Gasteiger partial charge is 0.338 e. The molecule has 1 N–H and O–H groups in total. The van der Waals surface area contributed by atoms with Gasteiger partial charge in [0.2, 0.25) is 0 Å². The molecule has 0 radical (unpaired) electrons. The van der Waals surface area contributed by atoms with Crippen LogP contribution >= 0.6 is 0 Å². The molecule has 0 unspecified atom stereocenters. The summed E-state index contributed by atoms with van der Waals surface area (Å²) in [4.78, 5) is 29.4. The van der Waals surface area contributed by atoms with Crippen molar-refractivity contribution < 1.29 is 19.1 Å². The van der Waals surface area contributed by atoms with Crippen LogP contribution in [0.15, 0.2) is 54.7 Å². The first-order valence-corrected chi connectivity index (χ1v) is 9.63. The number of rotatable bonds is 6. The maximum atomic E-state index is 13.2. The predicted molar refractivity (Wildman–Crippen MR) is 116 cm³/mol. The van der Waals surface area contributed by atoms with E-state index < -0.39 is 5.97 Å². The van der Waals surface area contributed by atoms with Gasteiger partial charge < -0.3 is 14.8 Å². The summed E-state index contributed by atoms with van der Waals surface area (Å²) in [7, 11) is 1.58. The minimum absolute atomic E-state index is 0.243. The van der Waals surface area contributed by atoms with Gasteiger partial charge in [-0.15, -0.1) is 0 Å². The quantitative estimate of drug-likeness (QED) is 0.597. The van der Waals surface area contributed by atoms with Gasteiger partial charge in [0.25, 0.3) is 5.91 Å². The van der Waals surface area contributed by atoms with Crippen molar-refractivity contribution in [2.45, 2.75) is 20.8 Å². The third-order valence-electron chi connectivity index (χ3n) is 4.73. The van der Waals surface area contributed by atoms with E-state index in [0.29, 0.717) is 34.9 Å². The molecule has 0 aliphatic heterocycles. The molecule has 154 valence electrons. The number of anilines is 1. The molecule has 0 atom stereocenters. The molecule has 1 aromatic heterocycles. The van der Waals surface area contributed by atoms with Crippen molar-refractivity contribution in [2.24, 2.45) is 0 Å². The van der Waals surface area contributed by atoms with E-state index in [-0.39, 0.29) is 5.91 Å². The number of aromatic nitrogens is 1. The van der Waals surface area contributed by atoms with Crippen LogP contribution in [0.5, 0.6) is 5.75 Å². The third-order valence-corrected chi connectivity index (χ3v) is 4.73. The van der Waals surface area contributed by atoms with Gasteiger partial charge in [-0.1, -0.05) is 12.1 Å². The van der Waals surface area contributed by atoms with E-state index in [2.05, 4.69) is 10.3 Å². The molecule has 6 heteroatoms. The van der Waals surface area contributed by atoms with E-state index in [1.807, 2.05) is 38.1 Å². The second-order valence-electron chi connectivity index (χ2n) is 6.78. The molecular weight excluding hydrogens is 380 g/mol. The van der Waals surface area contributed by atoms with Crippen LogP contribution in [-0.2, 0) is 4.74 Å². The highest BCUT2D eigenvalue weighted by molar-refractivity contribution is 6.10. The maximum absolute atomic E-state index is 13.2. The van der Waals surface area contributed by atoms with E-state index in [1.54, 1.807) is 44.5 Å². The van der Waals surface area contributed by atoms with Gasteiger partial charge in [-0.3, -0.25) is 9.78 Å². The molecular formula is C24H24N2O4. The lowest BCUT2D eigenvalue weighted by atomic mass is 9.94. The number of ether oxygens (including phenoxy) is 2. The second-order valence-corrected chi connectivity index (χ2v) is 6.78. The van der Waals surface area contributed by atoms with Gasteiger partial charge in [-0.25, -0.2) is 4.79 Å². The lowest BCUT2D eigenvalue weighted by molar-refractivity contribution is 0.0526. The molecule has 0 aliphatic rings. The first-order valence-electron chi connectivity index (χ1n) is 9.63. The summed E-state index contributed by atoms with van der Waals surface area (Å²) in [6.45, 7) is 5.91. The number of aryl methyl sites for hydroxylation is 2. The Hall–Kier alpha value is -3.67. The summed E-state index contributed by atoms with van der Waals surface area (Å²) in [5.41, 5.74) is 4.84. The fraction of sp³-hybridized carbons (Fsp3) is 0.208. The van der Waals surface area contributed by atoms with Crippen LogP contribution in [0.4, 0.5) is 5.69 Å². The lowest BCUT2D eigenvalue weighted by Crippen LogP contribution is -2.16. The van der Waals surface area contributed by atoms with Crippen molar-refractivity contribution in [1.29, 1.82) is 0 Å². The Kier molecular flexibility index (Phi) is 6.47. The minimum Gasteiger partial charge on any atom is -0.495 e. The Morgan fingerprint density at radius 3 is 2.27 bits per heavy atom. The van der Waals surface area contributed by atoms with Crippen LogP contribution in [0.1, 0.15) is 38.8 Å². The number of benzene rings is 2. The van der Waals surface area contributed by atoms with E-state index in [9.17, 15) is 9.59 Å². The first-order chi connectivity index (χ1) is 14.4. The number of esters is 1. The molecule has 3 aromatic rings. The van der Waals surface area contributed by atoms with Crippen molar-refractivity contribution in [3.05, 3.63) is 77.0 Å². The molecule has 0 saturated carbocycles. The van der Waals surface area contributed by atoms with Crippen LogP contribution in [0.3, 0.4) is 0 Å². The molecule has 0 saturated heterocycles. The van der Waals surface area contributed by atoms with E-state index in [0.717, 1.165) is 16.7 Å².